The molecular formula is C16H21NO. The van der Waals surface area contributed by atoms with Gasteiger partial charge in [-0.1, -0.05) is 44.5 Å². The molecule has 0 saturated carbocycles. The topological polar surface area (TPSA) is 25.2 Å². The molecule has 0 bridgehead atoms. The van der Waals surface area contributed by atoms with Crippen molar-refractivity contribution in [3.05, 3.63) is 41.7 Å². The van der Waals surface area contributed by atoms with Crippen LogP contribution in [-0.4, -0.2) is 12.6 Å². The molecule has 2 heteroatoms. The van der Waals surface area contributed by atoms with Crippen LogP contribution in [0.1, 0.15) is 33.0 Å². The van der Waals surface area contributed by atoms with Gasteiger partial charge in [0.1, 0.15) is 11.3 Å². The van der Waals surface area contributed by atoms with Gasteiger partial charge in [-0.3, -0.25) is 0 Å². The molecule has 0 unspecified atom stereocenters. The van der Waals surface area contributed by atoms with E-state index in [1.165, 1.54) is 5.57 Å². The second-order valence-electron chi connectivity index (χ2n) is 4.88. The van der Waals surface area contributed by atoms with Gasteiger partial charge >= 0.3 is 0 Å². The minimum Gasteiger partial charge on any atom is -0.457 e. The van der Waals surface area contributed by atoms with E-state index < -0.39 is 0 Å². The average Bonchev–Trinajstić information content (AvgIpc) is 2.76. The van der Waals surface area contributed by atoms with Crippen molar-refractivity contribution in [3.63, 3.8) is 0 Å². The van der Waals surface area contributed by atoms with E-state index in [9.17, 15) is 0 Å². The molecule has 0 atom stereocenters. The van der Waals surface area contributed by atoms with E-state index in [1.54, 1.807) is 0 Å². The molecule has 1 heterocycles. The maximum atomic E-state index is 5.80. The number of benzene rings is 1. The van der Waals surface area contributed by atoms with Gasteiger partial charge in [0.2, 0.25) is 0 Å². The SMILES string of the molecule is CCC(=Cc1cc2ccccc2o1)CNC(C)C. The molecule has 0 aliphatic rings. The van der Waals surface area contributed by atoms with E-state index >= 15 is 0 Å². The number of para-hydroxylation sites is 1. The molecule has 18 heavy (non-hydrogen) atoms. The summed E-state index contributed by atoms with van der Waals surface area (Å²) in [6, 6.07) is 10.7. The minimum atomic E-state index is 0.510. The molecule has 0 fully saturated rings. The Kier molecular flexibility index (Phi) is 4.21. The van der Waals surface area contributed by atoms with Gasteiger partial charge in [0.15, 0.2) is 0 Å². The van der Waals surface area contributed by atoms with E-state index in [1.807, 2.05) is 18.2 Å². The highest BCUT2D eigenvalue weighted by molar-refractivity contribution is 5.79. The van der Waals surface area contributed by atoms with Crippen molar-refractivity contribution in [1.29, 1.82) is 0 Å². The van der Waals surface area contributed by atoms with Gasteiger partial charge in [-0.05, 0) is 24.6 Å². The van der Waals surface area contributed by atoms with Crippen molar-refractivity contribution < 1.29 is 4.42 Å². The highest BCUT2D eigenvalue weighted by atomic mass is 16.3. The Labute approximate surface area is 109 Å². The van der Waals surface area contributed by atoms with E-state index in [2.05, 4.69) is 44.3 Å². The zero-order chi connectivity index (χ0) is 13.0. The van der Waals surface area contributed by atoms with E-state index in [0.717, 1.165) is 29.7 Å². The fourth-order valence-electron chi connectivity index (χ4n) is 1.89. The maximum absolute atomic E-state index is 5.80. The first-order valence-corrected chi connectivity index (χ1v) is 6.60. The monoisotopic (exact) mass is 243 g/mol. The summed E-state index contributed by atoms with van der Waals surface area (Å²) in [7, 11) is 0. The van der Waals surface area contributed by atoms with Crippen LogP contribution in [0.3, 0.4) is 0 Å². The highest BCUT2D eigenvalue weighted by Crippen LogP contribution is 2.21. The molecule has 2 aromatic rings. The second-order valence-corrected chi connectivity index (χ2v) is 4.88. The summed E-state index contributed by atoms with van der Waals surface area (Å²) in [4.78, 5) is 0. The molecule has 0 aliphatic heterocycles. The van der Waals surface area contributed by atoms with Crippen LogP contribution in [0.2, 0.25) is 0 Å². The van der Waals surface area contributed by atoms with Gasteiger partial charge in [0.25, 0.3) is 0 Å². The first-order chi connectivity index (χ1) is 8.69. The number of hydrogen-bond acceptors (Lipinski definition) is 2. The lowest BCUT2D eigenvalue weighted by molar-refractivity contribution is 0.598. The average molecular weight is 243 g/mol. The number of hydrogen-bond donors (Lipinski definition) is 1. The zero-order valence-electron chi connectivity index (χ0n) is 11.4. The molecule has 0 spiro atoms. The molecule has 0 aliphatic carbocycles. The Morgan fingerprint density at radius 3 is 2.78 bits per heavy atom. The first-order valence-electron chi connectivity index (χ1n) is 6.60. The molecule has 0 amide bonds. The number of fused-ring (bicyclic) bond motifs is 1. The third-order valence-electron chi connectivity index (χ3n) is 2.98. The minimum absolute atomic E-state index is 0.510. The van der Waals surface area contributed by atoms with Crippen molar-refractivity contribution in [2.45, 2.75) is 33.2 Å². The molecule has 96 valence electrons. The van der Waals surface area contributed by atoms with E-state index in [0.29, 0.717) is 6.04 Å². The van der Waals surface area contributed by atoms with Gasteiger partial charge in [0.05, 0.1) is 0 Å². The van der Waals surface area contributed by atoms with Crippen molar-refractivity contribution in [3.8, 4) is 0 Å². The van der Waals surface area contributed by atoms with Crippen LogP contribution < -0.4 is 5.32 Å². The molecule has 1 aromatic heterocycles. The van der Waals surface area contributed by atoms with Crippen LogP contribution in [0.15, 0.2) is 40.3 Å². The first kappa shape index (κ1) is 12.9. The van der Waals surface area contributed by atoms with Gasteiger partial charge < -0.3 is 9.73 Å². The van der Waals surface area contributed by atoms with Gasteiger partial charge in [-0.2, -0.15) is 0 Å². The summed E-state index contributed by atoms with van der Waals surface area (Å²) in [5.41, 5.74) is 2.32. The van der Waals surface area contributed by atoms with Crippen molar-refractivity contribution in [2.75, 3.05) is 6.54 Å². The summed E-state index contributed by atoms with van der Waals surface area (Å²) in [5.74, 6) is 0.943. The van der Waals surface area contributed by atoms with Crippen molar-refractivity contribution in [2.24, 2.45) is 0 Å². The molecule has 2 nitrogen and oxygen atoms in total. The van der Waals surface area contributed by atoms with E-state index in [4.69, 9.17) is 4.42 Å². The Hall–Kier alpha value is -1.54. The number of nitrogens with one attached hydrogen (secondary N) is 1. The Balaban J connectivity index is 2.18. The van der Waals surface area contributed by atoms with Gasteiger partial charge in [-0.25, -0.2) is 0 Å². The lowest BCUT2D eigenvalue weighted by atomic mass is 10.1. The zero-order valence-corrected chi connectivity index (χ0v) is 11.4. The van der Waals surface area contributed by atoms with Crippen LogP contribution in [0.25, 0.3) is 17.0 Å². The molecular weight excluding hydrogens is 222 g/mol. The van der Waals surface area contributed by atoms with Gasteiger partial charge in [0, 0.05) is 18.0 Å². The fraction of sp³-hybridized carbons (Fsp3) is 0.375. The summed E-state index contributed by atoms with van der Waals surface area (Å²) in [6.45, 7) is 7.42. The van der Waals surface area contributed by atoms with Crippen LogP contribution >= 0.6 is 0 Å². The third kappa shape index (κ3) is 3.23. The highest BCUT2D eigenvalue weighted by Gasteiger charge is 2.02. The smallest absolute Gasteiger partial charge is 0.134 e. The summed E-state index contributed by atoms with van der Waals surface area (Å²) >= 11 is 0. The molecule has 2 rings (SSSR count). The van der Waals surface area contributed by atoms with E-state index in [-0.39, 0.29) is 0 Å². The molecule has 1 N–H and O–H groups in total. The second kappa shape index (κ2) is 5.87. The number of rotatable bonds is 5. The number of furan rings is 1. The standard InChI is InChI=1S/C16H21NO/c1-4-13(11-17-12(2)3)9-15-10-14-7-5-6-8-16(14)18-15/h5-10,12,17H,4,11H2,1-3H3. The molecule has 0 radical (unpaired) electrons. The predicted octanol–water partition coefficient (Wildman–Crippen LogP) is 4.22. The third-order valence-corrected chi connectivity index (χ3v) is 2.98. The normalized spacial score (nSPS) is 12.6. The van der Waals surface area contributed by atoms with Crippen LogP contribution in [0.5, 0.6) is 0 Å². The van der Waals surface area contributed by atoms with Crippen LogP contribution in [-0.2, 0) is 0 Å². The Morgan fingerprint density at radius 2 is 2.11 bits per heavy atom. The van der Waals surface area contributed by atoms with Crippen molar-refractivity contribution in [1.82, 2.24) is 5.32 Å². The summed E-state index contributed by atoms with van der Waals surface area (Å²) in [6.07, 6.45) is 3.19. The Morgan fingerprint density at radius 1 is 1.33 bits per heavy atom. The fourth-order valence-corrected chi connectivity index (χ4v) is 1.89. The molecule has 0 saturated heterocycles. The lowest BCUT2D eigenvalue weighted by Gasteiger charge is -2.09. The summed E-state index contributed by atoms with van der Waals surface area (Å²) in [5, 5.41) is 4.60. The van der Waals surface area contributed by atoms with Crippen LogP contribution in [0, 0.1) is 0 Å². The lowest BCUT2D eigenvalue weighted by Crippen LogP contribution is -2.24. The van der Waals surface area contributed by atoms with Gasteiger partial charge in [-0.15, -0.1) is 0 Å². The largest absolute Gasteiger partial charge is 0.457 e. The maximum Gasteiger partial charge on any atom is 0.134 e. The Bertz CT molecular complexity index is 504. The molecule has 1 aromatic carbocycles. The quantitative estimate of drug-likeness (QED) is 0.850. The summed E-state index contributed by atoms with van der Waals surface area (Å²) < 4.78 is 5.80. The van der Waals surface area contributed by atoms with Crippen LogP contribution in [0.4, 0.5) is 0 Å². The predicted molar refractivity (Wildman–Crippen MR) is 77.6 cm³/mol. The van der Waals surface area contributed by atoms with Crippen molar-refractivity contribution >= 4 is 17.0 Å².